The number of halogens is 2. The van der Waals surface area contributed by atoms with Crippen molar-refractivity contribution >= 4 is 38.9 Å². The van der Waals surface area contributed by atoms with E-state index in [-0.39, 0.29) is 12.1 Å². The van der Waals surface area contributed by atoms with Gasteiger partial charge in [0.25, 0.3) is 11.6 Å². The SMILES string of the molecule is O=C(NCc1ccc(Br)s1)c1cc(F)ccc1[N+](=O)[O-]. The molecule has 0 saturated carbocycles. The molecule has 1 heterocycles. The quantitative estimate of drug-likeness (QED) is 0.671. The van der Waals surface area contributed by atoms with Crippen molar-refractivity contribution in [1.82, 2.24) is 5.32 Å². The molecule has 0 spiro atoms. The Labute approximate surface area is 125 Å². The lowest BCUT2D eigenvalue weighted by atomic mass is 10.1. The second-order valence-electron chi connectivity index (χ2n) is 3.81. The monoisotopic (exact) mass is 358 g/mol. The number of thiophene rings is 1. The Kier molecular flexibility index (Phi) is 4.46. The second kappa shape index (κ2) is 6.10. The molecular weight excluding hydrogens is 351 g/mol. The van der Waals surface area contributed by atoms with Crippen molar-refractivity contribution in [2.45, 2.75) is 6.54 Å². The molecule has 0 bridgehead atoms. The Morgan fingerprint density at radius 3 is 2.75 bits per heavy atom. The van der Waals surface area contributed by atoms with E-state index in [4.69, 9.17) is 0 Å². The van der Waals surface area contributed by atoms with Crippen LogP contribution in [0.4, 0.5) is 10.1 Å². The number of hydrogen-bond donors (Lipinski definition) is 1. The maximum Gasteiger partial charge on any atom is 0.282 e. The first-order chi connectivity index (χ1) is 9.47. The van der Waals surface area contributed by atoms with E-state index in [0.29, 0.717) is 0 Å². The second-order valence-corrected chi connectivity index (χ2v) is 6.35. The third-order valence-corrected chi connectivity index (χ3v) is 4.08. The Morgan fingerprint density at radius 1 is 1.40 bits per heavy atom. The zero-order valence-corrected chi connectivity index (χ0v) is 12.3. The highest BCUT2D eigenvalue weighted by Crippen LogP contribution is 2.23. The van der Waals surface area contributed by atoms with Gasteiger partial charge in [0.15, 0.2) is 0 Å². The lowest BCUT2D eigenvalue weighted by Crippen LogP contribution is -2.23. The Hall–Kier alpha value is -1.80. The number of amides is 1. The lowest BCUT2D eigenvalue weighted by molar-refractivity contribution is -0.385. The largest absolute Gasteiger partial charge is 0.347 e. The molecule has 0 aliphatic carbocycles. The molecule has 8 heteroatoms. The molecule has 104 valence electrons. The van der Waals surface area contributed by atoms with Crippen LogP contribution in [0.5, 0.6) is 0 Å². The summed E-state index contributed by atoms with van der Waals surface area (Å²) < 4.78 is 14.0. The van der Waals surface area contributed by atoms with Crippen LogP contribution in [0, 0.1) is 15.9 Å². The van der Waals surface area contributed by atoms with Gasteiger partial charge in [0.05, 0.1) is 15.3 Å². The zero-order valence-electron chi connectivity index (χ0n) is 9.93. The number of carbonyl (C=O) groups excluding carboxylic acids is 1. The number of nitrogens with zero attached hydrogens (tertiary/aromatic N) is 1. The predicted molar refractivity (Wildman–Crippen MR) is 76.2 cm³/mol. The summed E-state index contributed by atoms with van der Waals surface area (Å²) in [5, 5.41) is 13.3. The van der Waals surface area contributed by atoms with Crippen LogP contribution in [-0.2, 0) is 6.54 Å². The molecule has 0 unspecified atom stereocenters. The molecule has 0 fully saturated rings. The number of hydrogen-bond acceptors (Lipinski definition) is 4. The van der Waals surface area contributed by atoms with Gasteiger partial charge in [0.2, 0.25) is 0 Å². The van der Waals surface area contributed by atoms with E-state index >= 15 is 0 Å². The summed E-state index contributed by atoms with van der Waals surface area (Å²) in [6, 6.07) is 6.43. The van der Waals surface area contributed by atoms with Crippen molar-refractivity contribution in [1.29, 1.82) is 0 Å². The minimum Gasteiger partial charge on any atom is -0.347 e. The number of benzene rings is 1. The maximum atomic E-state index is 13.1. The minimum atomic E-state index is -0.712. The Morgan fingerprint density at radius 2 is 2.15 bits per heavy atom. The topological polar surface area (TPSA) is 72.2 Å². The third-order valence-electron chi connectivity index (χ3n) is 2.45. The van der Waals surface area contributed by atoms with Crippen LogP contribution in [0.2, 0.25) is 0 Å². The molecule has 1 aromatic carbocycles. The van der Waals surface area contributed by atoms with Gasteiger partial charge in [-0.2, -0.15) is 0 Å². The van der Waals surface area contributed by atoms with Gasteiger partial charge in [0, 0.05) is 10.9 Å². The summed E-state index contributed by atoms with van der Waals surface area (Å²) in [6.45, 7) is 0.225. The van der Waals surface area contributed by atoms with Crippen LogP contribution in [0.25, 0.3) is 0 Å². The number of nitro groups is 1. The van der Waals surface area contributed by atoms with Crippen LogP contribution in [0.3, 0.4) is 0 Å². The fourth-order valence-corrected chi connectivity index (χ4v) is 2.98. The Balaban J connectivity index is 2.16. The van der Waals surface area contributed by atoms with Gasteiger partial charge in [-0.15, -0.1) is 11.3 Å². The summed E-state index contributed by atoms with van der Waals surface area (Å²) in [7, 11) is 0. The summed E-state index contributed by atoms with van der Waals surface area (Å²) in [6.07, 6.45) is 0. The van der Waals surface area contributed by atoms with Crippen molar-refractivity contribution in [2.75, 3.05) is 0 Å². The van der Waals surface area contributed by atoms with E-state index in [1.807, 2.05) is 12.1 Å². The van der Waals surface area contributed by atoms with Gasteiger partial charge in [-0.3, -0.25) is 14.9 Å². The fourth-order valence-electron chi connectivity index (χ4n) is 1.56. The molecule has 1 aromatic heterocycles. The average Bonchev–Trinajstić information content (AvgIpc) is 2.81. The van der Waals surface area contributed by atoms with Gasteiger partial charge < -0.3 is 5.32 Å². The van der Waals surface area contributed by atoms with Crippen molar-refractivity contribution in [3.63, 3.8) is 0 Å². The third kappa shape index (κ3) is 3.40. The molecule has 0 atom stereocenters. The lowest BCUT2D eigenvalue weighted by Gasteiger charge is -2.04. The van der Waals surface area contributed by atoms with E-state index in [2.05, 4.69) is 21.2 Å². The first kappa shape index (κ1) is 14.6. The standard InChI is InChI=1S/C12H8BrFN2O3S/c13-11-4-2-8(20-11)6-15-12(17)9-5-7(14)1-3-10(9)16(18)19/h1-5H,6H2,(H,15,17). The summed E-state index contributed by atoms with van der Waals surface area (Å²) >= 11 is 4.72. The van der Waals surface area contributed by atoms with Crippen LogP contribution < -0.4 is 5.32 Å². The molecule has 2 rings (SSSR count). The van der Waals surface area contributed by atoms with E-state index in [0.717, 1.165) is 26.9 Å². The minimum absolute atomic E-state index is 0.225. The number of carbonyl (C=O) groups is 1. The average molecular weight is 359 g/mol. The van der Waals surface area contributed by atoms with E-state index < -0.39 is 22.3 Å². The maximum absolute atomic E-state index is 13.1. The highest BCUT2D eigenvalue weighted by atomic mass is 79.9. The molecule has 0 aliphatic heterocycles. The molecule has 0 radical (unpaired) electrons. The summed E-state index contributed by atoms with van der Waals surface area (Å²) in [4.78, 5) is 22.9. The van der Waals surface area contributed by atoms with Gasteiger partial charge in [-0.1, -0.05) is 0 Å². The highest BCUT2D eigenvalue weighted by molar-refractivity contribution is 9.11. The van der Waals surface area contributed by atoms with Crippen LogP contribution in [-0.4, -0.2) is 10.8 Å². The van der Waals surface area contributed by atoms with Gasteiger partial charge in [0.1, 0.15) is 11.4 Å². The van der Waals surface area contributed by atoms with Crippen molar-refractivity contribution < 1.29 is 14.1 Å². The number of rotatable bonds is 4. The summed E-state index contributed by atoms with van der Waals surface area (Å²) in [5.74, 6) is -1.37. The van der Waals surface area contributed by atoms with E-state index in [1.54, 1.807) is 0 Å². The van der Waals surface area contributed by atoms with Gasteiger partial charge in [-0.05, 0) is 40.2 Å². The fraction of sp³-hybridized carbons (Fsp3) is 0.0833. The predicted octanol–water partition coefficient (Wildman–Crippen LogP) is 3.49. The van der Waals surface area contributed by atoms with E-state index in [1.165, 1.54) is 11.3 Å². The molecule has 0 saturated heterocycles. The van der Waals surface area contributed by atoms with Gasteiger partial charge in [-0.25, -0.2) is 4.39 Å². The summed E-state index contributed by atoms with van der Waals surface area (Å²) in [5.41, 5.74) is -0.707. The molecule has 0 aliphatic rings. The van der Waals surface area contributed by atoms with Crippen LogP contribution in [0.1, 0.15) is 15.2 Å². The first-order valence-corrected chi connectivity index (χ1v) is 7.04. The van der Waals surface area contributed by atoms with Crippen LogP contribution >= 0.6 is 27.3 Å². The number of nitrogens with one attached hydrogen (secondary N) is 1. The van der Waals surface area contributed by atoms with Crippen molar-refractivity contribution in [3.8, 4) is 0 Å². The normalized spacial score (nSPS) is 10.3. The van der Waals surface area contributed by atoms with Crippen molar-refractivity contribution in [2.24, 2.45) is 0 Å². The molecule has 2 aromatic rings. The zero-order chi connectivity index (χ0) is 14.7. The molecular formula is C12H8BrFN2O3S. The molecule has 1 N–H and O–H groups in total. The van der Waals surface area contributed by atoms with Gasteiger partial charge >= 0.3 is 0 Å². The number of nitro benzene ring substituents is 1. The van der Waals surface area contributed by atoms with Crippen LogP contribution in [0.15, 0.2) is 34.1 Å². The van der Waals surface area contributed by atoms with Crippen molar-refractivity contribution in [3.05, 3.63) is 60.5 Å². The smallest absolute Gasteiger partial charge is 0.282 e. The first-order valence-electron chi connectivity index (χ1n) is 5.43. The highest BCUT2D eigenvalue weighted by Gasteiger charge is 2.20. The molecule has 1 amide bonds. The van der Waals surface area contributed by atoms with E-state index in [9.17, 15) is 19.3 Å². The molecule has 20 heavy (non-hydrogen) atoms. The Bertz CT molecular complexity index is 674. The molecule has 5 nitrogen and oxygen atoms in total.